The summed E-state index contributed by atoms with van der Waals surface area (Å²) in [5.41, 5.74) is 0. The van der Waals surface area contributed by atoms with E-state index in [1.807, 2.05) is 7.05 Å². The molecule has 0 saturated carbocycles. The van der Waals surface area contributed by atoms with Crippen molar-refractivity contribution in [3.05, 3.63) is 22.4 Å². The molecule has 0 aromatic carbocycles. The van der Waals surface area contributed by atoms with Crippen molar-refractivity contribution in [2.75, 3.05) is 13.6 Å². The van der Waals surface area contributed by atoms with Crippen molar-refractivity contribution < 1.29 is 4.79 Å². The van der Waals surface area contributed by atoms with Crippen LogP contribution in [0.5, 0.6) is 0 Å². The SMILES string of the molecule is CC(=O)CN(C)C(C)Cc1cccs1. The summed E-state index contributed by atoms with van der Waals surface area (Å²) in [5, 5.41) is 2.09. The molecule has 0 aliphatic heterocycles. The van der Waals surface area contributed by atoms with Crippen LogP contribution in [0.25, 0.3) is 0 Å². The third-order valence-corrected chi connectivity index (χ3v) is 3.20. The van der Waals surface area contributed by atoms with Crippen LogP contribution in [-0.2, 0) is 11.2 Å². The van der Waals surface area contributed by atoms with Gasteiger partial charge in [0.2, 0.25) is 0 Å². The molecule has 1 unspecified atom stereocenters. The molecule has 0 aliphatic carbocycles. The first-order chi connectivity index (χ1) is 6.59. The second-order valence-electron chi connectivity index (χ2n) is 3.75. The second-order valence-corrected chi connectivity index (χ2v) is 4.78. The minimum absolute atomic E-state index is 0.227. The molecule has 0 saturated heterocycles. The highest BCUT2D eigenvalue weighted by Crippen LogP contribution is 2.13. The monoisotopic (exact) mass is 211 g/mol. The van der Waals surface area contributed by atoms with E-state index < -0.39 is 0 Å². The maximum atomic E-state index is 10.9. The number of thiophene rings is 1. The Morgan fingerprint density at radius 2 is 2.36 bits per heavy atom. The molecular weight excluding hydrogens is 194 g/mol. The number of hydrogen-bond donors (Lipinski definition) is 0. The molecule has 2 nitrogen and oxygen atoms in total. The van der Waals surface area contributed by atoms with Crippen molar-refractivity contribution >= 4 is 17.1 Å². The molecule has 0 radical (unpaired) electrons. The molecule has 0 amide bonds. The first-order valence-corrected chi connectivity index (χ1v) is 5.69. The van der Waals surface area contributed by atoms with E-state index in [-0.39, 0.29) is 5.78 Å². The van der Waals surface area contributed by atoms with Crippen LogP contribution in [0.3, 0.4) is 0 Å². The molecule has 0 aliphatic rings. The molecule has 0 N–H and O–H groups in total. The highest BCUT2D eigenvalue weighted by Gasteiger charge is 2.11. The van der Waals surface area contributed by atoms with Gasteiger partial charge in [-0.05, 0) is 38.8 Å². The highest BCUT2D eigenvalue weighted by atomic mass is 32.1. The number of carbonyl (C=O) groups excluding carboxylic acids is 1. The molecule has 0 bridgehead atoms. The lowest BCUT2D eigenvalue weighted by atomic mass is 10.2. The number of likely N-dealkylation sites (N-methyl/N-ethyl adjacent to an activating group) is 1. The Bertz CT molecular complexity index is 281. The van der Waals surface area contributed by atoms with E-state index in [0.717, 1.165) is 6.42 Å². The highest BCUT2D eigenvalue weighted by molar-refractivity contribution is 7.09. The van der Waals surface area contributed by atoms with E-state index in [0.29, 0.717) is 12.6 Å². The van der Waals surface area contributed by atoms with Crippen molar-refractivity contribution in [1.82, 2.24) is 4.90 Å². The minimum Gasteiger partial charge on any atom is -0.299 e. The van der Waals surface area contributed by atoms with Gasteiger partial charge in [0.25, 0.3) is 0 Å². The first-order valence-electron chi connectivity index (χ1n) is 4.81. The Balaban J connectivity index is 2.41. The molecule has 1 rings (SSSR count). The summed E-state index contributed by atoms with van der Waals surface area (Å²) in [5.74, 6) is 0.227. The standard InChI is InChI=1S/C11H17NOS/c1-9(12(3)8-10(2)13)7-11-5-4-6-14-11/h4-6,9H,7-8H2,1-3H3. The van der Waals surface area contributed by atoms with E-state index in [1.165, 1.54) is 4.88 Å². The van der Waals surface area contributed by atoms with E-state index in [4.69, 9.17) is 0 Å². The number of carbonyl (C=O) groups is 1. The van der Waals surface area contributed by atoms with Gasteiger partial charge in [0, 0.05) is 10.9 Å². The third kappa shape index (κ3) is 3.60. The van der Waals surface area contributed by atoms with Gasteiger partial charge in [0.05, 0.1) is 6.54 Å². The minimum atomic E-state index is 0.227. The van der Waals surface area contributed by atoms with Gasteiger partial charge < -0.3 is 0 Å². The van der Waals surface area contributed by atoms with Crippen molar-refractivity contribution in [3.63, 3.8) is 0 Å². The zero-order valence-corrected chi connectivity index (χ0v) is 9.80. The molecule has 1 atom stereocenters. The molecule has 1 heterocycles. The fourth-order valence-corrected chi connectivity index (χ4v) is 2.21. The maximum absolute atomic E-state index is 10.9. The zero-order chi connectivity index (χ0) is 10.6. The van der Waals surface area contributed by atoms with E-state index in [2.05, 4.69) is 29.3 Å². The lowest BCUT2D eigenvalue weighted by Gasteiger charge is -2.22. The van der Waals surface area contributed by atoms with Crippen molar-refractivity contribution in [1.29, 1.82) is 0 Å². The molecule has 1 aromatic heterocycles. The van der Waals surface area contributed by atoms with Gasteiger partial charge in [-0.2, -0.15) is 0 Å². The summed E-state index contributed by atoms with van der Waals surface area (Å²) < 4.78 is 0. The third-order valence-electron chi connectivity index (χ3n) is 2.30. The summed E-state index contributed by atoms with van der Waals surface area (Å²) in [6.45, 7) is 4.34. The van der Waals surface area contributed by atoms with Crippen LogP contribution in [-0.4, -0.2) is 30.3 Å². The fourth-order valence-electron chi connectivity index (χ4n) is 1.38. The van der Waals surface area contributed by atoms with Crippen LogP contribution in [0.15, 0.2) is 17.5 Å². The summed E-state index contributed by atoms with van der Waals surface area (Å²) in [6.07, 6.45) is 1.03. The second kappa shape index (κ2) is 5.27. The molecule has 0 spiro atoms. The van der Waals surface area contributed by atoms with Gasteiger partial charge in [-0.3, -0.25) is 9.69 Å². The van der Waals surface area contributed by atoms with Gasteiger partial charge in [0.1, 0.15) is 5.78 Å². The van der Waals surface area contributed by atoms with Gasteiger partial charge in [-0.1, -0.05) is 6.07 Å². The zero-order valence-electron chi connectivity index (χ0n) is 8.99. The quantitative estimate of drug-likeness (QED) is 0.744. The van der Waals surface area contributed by atoms with Gasteiger partial charge in [-0.15, -0.1) is 11.3 Å². The Labute approximate surface area is 89.5 Å². The summed E-state index contributed by atoms with van der Waals surface area (Å²) in [4.78, 5) is 14.4. The smallest absolute Gasteiger partial charge is 0.143 e. The molecule has 14 heavy (non-hydrogen) atoms. The summed E-state index contributed by atoms with van der Waals surface area (Å²) in [6, 6.07) is 4.64. The first kappa shape index (κ1) is 11.4. The number of ketones is 1. The van der Waals surface area contributed by atoms with Crippen LogP contribution in [0.2, 0.25) is 0 Å². The van der Waals surface area contributed by atoms with Crippen molar-refractivity contribution in [2.24, 2.45) is 0 Å². The van der Waals surface area contributed by atoms with Crippen LogP contribution >= 0.6 is 11.3 Å². The fraction of sp³-hybridized carbons (Fsp3) is 0.545. The molecule has 1 aromatic rings. The number of Topliss-reactive ketones (excluding diaryl/α,β-unsaturated/α-hetero) is 1. The van der Waals surface area contributed by atoms with Crippen LogP contribution in [0.1, 0.15) is 18.7 Å². The van der Waals surface area contributed by atoms with Crippen LogP contribution in [0.4, 0.5) is 0 Å². The number of nitrogens with zero attached hydrogens (tertiary/aromatic N) is 1. The number of rotatable bonds is 5. The summed E-state index contributed by atoms with van der Waals surface area (Å²) in [7, 11) is 2.00. The molecule has 0 fully saturated rings. The van der Waals surface area contributed by atoms with Gasteiger partial charge in [-0.25, -0.2) is 0 Å². The number of hydrogen-bond acceptors (Lipinski definition) is 3. The van der Waals surface area contributed by atoms with Gasteiger partial charge in [0.15, 0.2) is 0 Å². The Morgan fingerprint density at radius 3 is 2.86 bits per heavy atom. The Hall–Kier alpha value is -0.670. The normalized spacial score (nSPS) is 13.1. The lowest BCUT2D eigenvalue weighted by molar-refractivity contribution is -0.118. The largest absolute Gasteiger partial charge is 0.299 e. The predicted octanol–water partition coefficient (Wildman–Crippen LogP) is 2.20. The lowest BCUT2D eigenvalue weighted by Crippen LogP contribution is -2.34. The van der Waals surface area contributed by atoms with E-state index >= 15 is 0 Å². The van der Waals surface area contributed by atoms with E-state index in [9.17, 15) is 4.79 Å². The van der Waals surface area contributed by atoms with Crippen LogP contribution in [0, 0.1) is 0 Å². The Kier molecular flexibility index (Phi) is 4.29. The average molecular weight is 211 g/mol. The Morgan fingerprint density at radius 1 is 1.64 bits per heavy atom. The van der Waals surface area contributed by atoms with Crippen molar-refractivity contribution in [2.45, 2.75) is 26.3 Å². The topological polar surface area (TPSA) is 20.3 Å². The summed E-state index contributed by atoms with van der Waals surface area (Å²) >= 11 is 1.78. The van der Waals surface area contributed by atoms with Gasteiger partial charge >= 0.3 is 0 Å². The molecule has 3 heteroatoms. The van der Waals surface area contributed by atoms with E-state index in [1.54, 1.807) is 18.3 Å². The molecular formula is C11H17NOS. The maximum Gasteiger partial charge on any atom is 0.143 e. The predicted molar refractivity (Wildman–Crippen MR) is 60.8 cm³/mol. The molecule has 78 valence electrons. The van der Waals surface area contributed by atoms with Crippen LogP contribution < -0.4 is 0 Å². The average Bonchev–Trinajstić information content (AvgIpc) is 2.55. The van der Waals surface area contributed by atoms with Crippen molar-refractivity contribution in [3.8, 4) is 0 Å².